The highest BCUT2D eigenvalue weighted by atomic mass is 16.3. The summed E-state index contributed by atoms with van der Waals surface area (Å²) in [6.45, 7) is 3.91. The predicted molar refractivity (Wildman–Crippen MR) is 153 cm³/mol. The third kappa shape index (κ3) is 7.83. The Balaban J connectivity index is 1.64. The Morgan fingerprint density at radius 2 is 1.50 bits per heavy atom. The number of nitrogens with two attached hydrogens (primary N) is 2. The number of phenols is 1. The van der Waals surface area contributed by atoms with E-state index in [0.29, 0.717) is 0 Å². The zero-order valence-electron chi connectivity index (χ0n) is 23.8. The van der Waals surface area contributed by atoms with E-state index in [9.17, 15) is 34.2 Å². The number of hydrogen-bond acceptors (Lipinski definition) is 8. The molecule has 0 radical (unpaired) electrons. The number of aryl methyl sites for hydroxylation is 2. The molecule has 0 aromatic heterocycles. The molecule has 3 atom stereocenters. The summed E-state index contributed by atoms with van der Waals surface area (Å²) in [6, 6.07) is 8.14. The second kappa shape index (κ2) is 13.4. The number of phenolic OH excluding ortho intramolecular Hbond substituents is 1. The summed E-state index contributed by atoms with van der Waals surface area (Å²) in [6.07, 6.45) is -0.755. The first kappa shape index (κ1) is 32.0. The number of carbonyl (C=O) groups excluding carboxylic acids is 5. The van der Waals surface area contributed by atoms with Gasteiger partial charge in [-0.1, -0.05) is 24.3 Å². The van der Waals surface area contributed by atoms with Gasteiger partial charge in [-0.05, 0) is 67.1 Å². The van der Waals surface area contributed by atoms with E-state index in [1.807, 2.05) is 12.1 Å². The zero-order chi connectivity index (χ0) is 31.2. The maximum atomic E-state index is 13.4. The average molecular weight is 583 g/mol. The van der Waals surface area contributed by atoms with E-state index >= 15 is 0 Å². The van der Waals surface area contributed by atoms with Crippen molar-refractivity contribution in [1.82, 2.24) is 21.3 Å². The smallest absolute Gasteiger partial charge is 0.246 e. The molecule has 13 nitrogen and oxygen atoms in total. The Hall–Kier alpha value is -4.49. The van der Waals surface area contributed by atoms with E-state index in [2.05, 4.69) is 21.3 Å². The van der Waals surface area contributed by atoms with Crippen LogP contribution in [0.4, 0.5) is 0 Å². The Kier molecular flexibility index (Phi) is 10.3. The van der Waals surface area contributed by atoms with Gasteiger partial charge in [-0.15, -0.1) is 0 Å². The van der Waals surface area contributed by atoms with Crippen molar-refractivity contribution in [2.75, 3.05) is 13.1 Å². The number of nitrogens with one attached hydrogen (secondary N) is 4. The maximum Gasteiger partial charge on any atom is 0.246 e. The molecule has 3 unspecified atom stereocenters. The summed E-state index contributed by atoms with van der Waals surface area (Å²) in [7, 11) is 0. The number of benzene rings is 2. The van der Waals surface area contributed by atoms with Crippen LogP contribution in [0.25, 0.3) is 0 Å². The molecule has 0 saturated heterocycles. The van der Waals surface area contributed by atoms with Crippen molar-refractivity contribution in [2.24, 2.45) is 11.5 Å². The quantitative estimate of drug-likeness (QED) is 0.141. The number of aliphatic hydroxyl groups excluding tert-OH is 1. The average Bonchev–Trinajstić information content (AvgIpc) is 3.29. The molecular weight excluding hydrogens is 544 g/mol. The molecule has 13 heteroatoms. The third-order valence-corrected chi connectivity index (χ3v) is 7.30. The van der Waals surface area contributed by atoms with E-state index in [-0.39, 0.29) is 25.0 Å². The number of hydrogen-bond donors (Lipinski definition) is 8. The van der Waals surface area contributed by atoms with Gasteiger partial charge in [0.15, 0.2) is 0 Å². The van der Waals surface area contributed by atoms with Gasteiger partial charge in [0, 0.05) is 12.8 Å². The molecule has 5 amide bonds. The van der Waals surface area contributed by atoms with Crippen molar-refractivity contribution in [1.29, 1.82) is 0 Å². The molecule has 0 saturated carbocycles. The van der Waals surface area contributed by atoms with Gasteiger partial charge in [-0.3, -0.25) is 24.0 Å². The summed E-state index contributed by atoms with van der Waals surface area (Å²) in [5.41, 5.74) is 13.9. The first-order valence-corrected chi connectivity index (χ1v) is 13.5. The molecule has 0 spiro atoms. The van der Waals surface area contributed by atoms with Crippen molar-refractivity contribution in [2.45, 2.75) is 63.8 Å². The molecule has 1 aliphatic rings. The Bertz CT molecular complexity index is 1330. The highest BCUT2D eigenvalue weighted by Crippen LogP contribution is 2.30. The standard InChI is InChI=1S/C29H38N6O7/c1-15-8-20(37)9-16(2)21(15)10-22(30)27(41)32-14-24(39)35-29(11-18-6-4-5-7-19(18)12-29)28(42)33-13-23(38)34-25(17(3)36)26(31)40/h4-9,17,22,25,36-37H,10-14,30H2,1-3H3,(H2,31,40)(H,32,41)(H,33,42)(H,34,38)(H,35,39). The van der Waals surface area contributed by atoms with Crippen molar-refractivity contribution >= 4 is 29.5 Å². The minimum Gasteiger partial charge on any atom is -0.508 e. The molecule has 42 heavy (non-hydrogen) atoms. The number of aliphatic hydroxyl groups is 1. The first-order valence-electron chi connectivity index (χ1n) is 13.5. The van der Waals surface area contributed by atoms with Crippen LogP contribution in [0.2, 0.25) is 0 Å². The minimum absolute atomic E-state index is 0.116. The zero-order valence-corrected chi connectivity index (χ0v) is 23.8. The number of aromatic hydroxyl groups is 1. The van der Waals surface area contributed by atoms with Crippen molar-refractivity contribution < 1.29 is 34.2 Å². The van der Waals surface area contributed by atoms with Gasteiger partial charge in [0.2, 0.25) is 29.5 Å². The lowest BCUT2D eigenvalue weighted by Crippen LogP contribution is -2.62. The van der Waals surface area contributed by atoms with Crippen molar-refractivity contribution in [3.05, 3.63) is 64.2 Å². The van der Waals surface area contributed by atoms with Crippen molar-refractivity contribution in [3.63, 3.8) is 0 Å². The Labute approximate surface area is 243 Å². The molecule has 3 rings (SSSR count). The summed E-state index contributed by atoms with van der Waals surface area (Å²) >= 11 is 0. The second-order valence-corrected chi connectivity index (χ2v) is 10.7. The number of amides is 5. The molecule has 0 aliphatic heterocycles. The third-order valence-electron chi connectivity index (χ3n) is 7.30. The van der Waals surface area contributed by atoms with Crippen LogP contribution in [-0.4, -0.2) is 76.6 Å². The molecular formula is C29H38N6O7. The predicted octanol–water partition coefficient (Wildman–Crippen LogP) is -1.88. The molecule has 0 fully saturated rings. The van der Waals surface area contributed by atoms with E-state index in [4.69, 9.17) is 11.5 Å². The van der Waals surface area contributed by atoms with Crippen LogP contribution >= 0.6 is 0 Å². The number of primary amides is 1. The maximum absolute atomic E-state index is 13.4. The van der Waals surface area contributed by atoms with Crippen LogP contribution in [0.15, 0.2) is 36.4 Å². The number of carbonyl (C=O) groups is 5. The molecule has 10 N–H and O–H groups in total. The SMILES string of the molecule is Cc1cc(O)cc(C)c1CC(N)C(=O)NCC(=O)NC1(C(=O)NCC(=O)NC(C(N)=O)C(C)O)Cc2ccccc2C1. The number of fused-ring (bicyclic) bond motifs is 1. The summed E-state index contributed by atoms with van der Waals surface area (Å²) in [4.78, 5) is 62.9. The monoisotopic (exact) mass is 582 g/mol. The first-order chi connectivity index (χ1) is 19.7. The normalized spacial score (nSPS) is 15.5. The van der Waals surface area contributed by atoms with Crippen LogP contribution in [0, 0.1) is 13.8 Å². The summed E-state index contributed by atoms with van der Waals surface area (Å²) in [5.74, 6) is -3.42. The lowest BCUT2D eigenvalue weighted by atomic mass is 9.94. The van der Waals surface area contributed by atoms with E-state index in [1.165, 1.54) is 6.92 Å². The van der Waals surface area contributed by atoms with E-state index in [1.54, 1.807) is 38.1 Å². The highest BCUT2D eigenvalue weighted by Gasteiger charge is 2.45. The largest absolute Gasteiger partial charge is 0.508 e. The second-order valence-electron chi connectivity index (χ2n) is 10.7. The summed E-state index contributed by atoms with van der Waals surface area (Å²) in [5, 5.41) is 29.4. The molecule has 0 heterocycles. The van der Waals surface area contributed by atoms with Gasteiger partial charge in [-0.25, -0.2) is 0 Å². The van der Waals surface area contributed by atoms with Gasteiger partial charge < -0.3 is 42.9 Å². The van der Waals surface area contributed by atoms with Crippen LogP contribution in [0.3, 0.4) is 0 Å². The lowest BCUT2D eigenvalue weighted by Gasteiger charge is -2.29. The molecule has 1 aliphatic carbocycles. The molecule has 0 bridgehead atoms. The van der Waals surface area contributed by atoms with Gasteiger partial charge >= 0.3 is 0 Å². The minimum atomic E-state index is -1.44. The molecule has 2 aromatic carbocycles. The van der Waals surface area contributed by atoms with Crippen LogP contribution in [0.1, 0.15) is 34.7 Å². The van der Waals surface area contributed by atoms with Crippen LogP contribution in [0.5, 0.6) is 5.75 Å². The Morgan fingerprint density at radius 3 is 2.02 bits per heavy atom. The van der Waals surface area contributed by atoms with Gasteiger partial charge in [0.25, 0.3) is 0 Å². The van der Waals surface area contributed by atoms with E-state index in [0.717, 1.165) is 27.8 Å². The highest BCUT2D eigenvalue weighted by molar-refractivity contribution is 5.97. The fraction of sp³-hybridized carbons (Fsp3) is 0.414. The van der Waals surface area contributed by atoms with Crippen LogP contribution in [-0.2, 0) is 43.2 Å². The topological polar surface area (TPSA) is 226 Å². The molecule has 2 aromatic rings. The number of rotatable bonds is 12. The fourth-order valence-corrected chi connectivity index (χ4v) is 5.12. The summed E-state index contributed by atoms with van der Waals surface area (Å²) < 4.78 is 0. The van der Waals surface area contributed by atoms with Gasteiger partial charge in [0.05, 0.1) is 25.2 Å². The Morgan fingerprint density at radius 1 is 0.952 bits per heavy atom. The molecule has 226 valence electrons. The lowest BCUT2D eigenvalue weighted by molar-refractivity contribution is -0.135. The van der Waals surface area contributed by atoms with Gasteiger partial charge in [-0.2, -0.15) is 0 Å². The van der Waals surface area contributed by atoms with Gasteiger partial charge in [0.1, 0.15) is 17.3 Å². The fourth-order valence-electron chi connectivity index (χ4n) is 5.12. The van der Waals surface area contributed by atoms with Crippen molar-refractivity contribution in [3.8, 4) is 5.75 Å². The van der Waals surface area contributed by atoms with Crippen LogP contribution < -0.4 is 32.7 Å². The van der Waals surface area contributed by atoms with E-state index < -0.39 is 66.4 Å².